The van der Waals surface area contributed by atoms with Gasteiger partial charge in [-0.3, -0.25) is 9.52 Å². The van der Waals surface area contributed by atoms with Crippen LogP contribution in [0.15, 0.2) is 47.4 Å². The van der Waals surface area contributed by atoms with Crippen LogP contribution in [0.3, 0.4) is 0 Å². The van der Waals surface area contributed by atoms with Gasteiger partial charge in [-0.15, -0.1) is 0 Å². The minimum absolute atomic E-state index is 0.0272. The fourth-order valence-electron chi connectivity index (χ4n) is 3.11. The Bertz CT molecular complexity index is 922. The van der Waals surface area contributed by atoms with Crippen LogP contribution in [0.2, 0.25) is 0 Å². The van der Waals surface area contributed by atoms with E-state index in [1.807, 2.05) is 31.1 Å². The van der Waals surface area contributed by atoms with Crippen molar-refractivity contribution in [1.82, 2.24) is 0 Å². The van der Waals surface area contributed by atoms with Crippen LogP contribution < -0.4 is 14.5 Å². The number of amides is 1. The summed E-state index contributed by atoms with van der Waals surface area (Å²) in [6.07, 6.45) is 1.59. The van der Waals surface area contributed by atoms with Crippen molar-refractivity contribution < 1.29 is 13.2 Å². The smallest absolute Gasteiger partial charge is 0.261 e. The highest BCUT2D eigenvalue weighted by atomic mass is 32.2. The van der Waals surface area contributed by atoms with Crippen molar-refractivity contribution in [3.05, 3.63) is 48.0 Å². The number of aryl methyl sites for hydroxylation is 1. The predicted octanol–water partition coefficient (Wildman–Crippen LogP) is 2.85. The first-order valence-electron chi connectivity index (χ1n) is 8.49. The summed E-state index contributed by atoms with van der Waals surface area (Å²) in [6, 6.07) is 12.1. The van der Waals surface area contributed by atoms with Gasteiger partial charge in [-0.05, 0) is 60.9 Å². The maximum Gasteiger partial charge on any atom is 0.261 e. The average Bonchev–Trinajstić information content (AvgIpc) is 2.60. The zero-order valence-electron chi connectivity index (χ0n) is 15.2. The second-order valence-electron chi connectivity index (χ2n) is 6.61. The summed E-state index contributed by atoms with van der Waals surface area (Å²) in [5.41, 5.74) is 3.19. The number of carbonyl (C=O) groups is 1. The summed E-state index contributed by atoms with van der Waals surface area (Å²) in [4.78, 5) is 15.6. The van der Waals surface area contributed by atoms with Gasteiger partial charge >= 0.3 is 0 Å². The summed E-state index contributed by atoms with van der Waals surface area (Å²) < 4.78 is 28.1. The molecule has 1 heterocycles. The van der Waals surface area contributed by atoms with E-state index in [1.165, 1.54) is 6.92 Å². The molecule has 138 valence electrons. The molecule has 0 spiro atoms. The minimum Gasteiger partial charge on any atom is -0.378 e. The van der Waals surface area contributed by atoms with E-state index in [1.54, 1.807) is 35.2 Å². The van der Waals surface area contributed by atoms with Gasteiger partial charge in [0.05, 0.1) is 4.90 Å². The Kier molecular flexibility index (Phi) is 4.91. The van der Waals surface area contributed by atoms with Crippen molar-refractivity contribution in [3.8, 4) is 0 Å². The highest BCUT2D eigenvalue weighted by Gasteiger charge is 2.23. The van der Waals surface area contributed by atoms with Crippen molar-refractivity contribution in [2.75, 3.05) is 35.2 Å². The second kappa shape index (κ2) is 6.99. The number of hydrogen-bond donors (Lipinski definition) is 1. The molecule has 0 saturated heterocycles. The van der Waals surface area contributed by atoms with Crippen LogP contribution in [0.4, 0.5) is 17.1 Å². The number of fused-ring (bicyclic) bond motifs is 1. The first-order chi connectivity index (χ1) is 12.3. The molecule has 0 fully saturated rings. The Labute approximate surface area is 154 Å². The Morgan fingerprint density at radius 1 is 1.12 bits per heavy atom. The van der Waals surface area contributed by atoms with Crippen LogP contribution in [0.5, 0.6) is 0 Å². The maximum absolute atomic E-state index is 12.7. The molecule has 1 N–H and O–H groups in total. The van der Waals surface area contributed by atoms with E-state index >= 15 is 0 Å². The number of anilines is 3. The zero-order chi connectivity index (χ0) is 18.9. The van der Waals surface area contributed by atoms with E-state index in [-0.39, 0.29) is 10.8 Å². The molecule has 0 aliphatic carbocycles. The summed E-state index contributed by atoms with van der Waals surface area (Å²) in [7, 11) is 0.170. The van der Waals surface area contributed by atoms with Crippen molar-refractivity contribution in [2.24, 2.45) is 0 Å². The van der Waals surface area contributed by atoms with Gasteiger partial charge in [-0.1, -0.05) is 0 Å². The molecule has 2 aromatic carbocycles. The van der Waals surface area contributed by atoms with E-state index in [2.05, 4.69) is 4.72 Å². The highest BCUT2D eigenvalue weighted by Crippen LogP contribution is 2.30. The lowest BCUT2D eigenvalue weighted by molar-refractivity contribution is -0.116. The number of nitrogens with one attached hydrogen (secondary N) is 1. The first-order valence-corrected chi connectivity index (χ1v) is 9.97. The molecule has 0 radical (unpaired) electrons. The third kappa shape index (κ3) is 3.67. The van der Waals surface area contributed by atoms with Crippen molar-refractivity contribution in [1.29, 1.82) is 0 Å². The van der Waals surface area contributed by atoms with Crippen LogP contribution in [0.1, 0.15) is 18.9 Å². The molecule has 1 amide bonds. The van der Waals surface area contributed by atoms with E-state index in [0.29, 0.717) is 12.2 Å². The summed E-state index contributed by atoms with van der Waals surface area (Å²) in [5, 5.41) is 0. The van der Waals surface area contributed by atoms with Gasteiger partial charge in [0.25, 0.3) is 10.0 Å². The molecule has 0 unspecified atom stereocenters. The molecule has 0 atom stereocenters. The number of carbonyl (C=O) groups excluding carboxylic acids is 1. The monoisotopic (exact) mass is 373 g/mol. The van der Waals surface area contributed by atoms with Gasteiger partial charge in [0.2, 0.25) is 5.91 Å². The Hall–Kier alpha value is -2.54. The molecule has 26 heavy (non-hydrogen) atoms. The maximum atomic E-state index is 12.7. The zero-order valence-corrected chi connectivity index (χ0v) is 16.0. The second-order valence-corrected chi connectivity index (χ2v) is 8.29. The average molecular weight is 373 g/mol. The Balaban J connectivity index is 1.87. The Morgan fingerprint density at radius 2 is 1.81 bits per heavy atom. The fraction of sp³-hybridized carbons (Fsp3) is 0.316. The van der Waals surface area contributed by atoms with E-state index in [4.69, 9.17) is 0 Å². The van der Waals surface area contributed by atoms with Crippen molar-refractivity contribution in [3.63, 3.8) is 0 Å². The van der Waals surface area contributed by atoms with Crippen LogP contribution >= 0.6 is 0 Å². The highest BCUT2D eigenvalue weighted by molar-refractivity contribution is 7.92. The molecule has 2 aromatic rings. The Morgan fingerprint density at radius 3 is 2.42 bits per heavy atom. The van der Waals surface area contributed by atoms with Crippen LogP contribution in [0, 0.1) is 0 Å². The lowest BCUT2D eigenvalue weighted by Crippen LogP contribution is -2.33. The van der Waals surface area contributed by atoms with E-state index in [9.17, 15) is 13.2 Å². The van der Waals surface area contributed by atoms with Crippen LogP contribution in [-0.2, 0) is 21.2 Å². The van der Waals surface area contributed by atoms with E-state index < -0.39 is 10.0 Å². The standard InChI is InChI=1S/C19H23N3O3S/c1-14(23)22-12-4-5-15-13-18(10-11-19(15)22)26(24,25)20-16-6-8-17(9-7-16)21(2)3/h6-11,13,20H,4-5,12H2,1-3H3. The SMILES string of the molecule is CC(=O)N1CCCc2cc(S(=O)(=O)Nc3ccc(N(C)C)cc3)ccc21. The summed E-state index contributed by atoms with van der Waals surface area (Å²) in [5.74, 6) is -0.0272. The normalized spacial score (nSPS) is 13.9. The van der Waals surface area contributed by atoms with E-state index in [0.717, 1.165) is 29.8 Å². The predicted molar refractivity (Wildman–Crippen MR) is 104 cm³/mol. The minimum atomic E-state index is -3.68. The molecule has 6 nitrogen and oxygen atoms in total. The number of nitrogens with zero attached hydrogens (tertiary/aromatic N) is 2. The number of benzene rings is 2. The fourth-order valence-corrected chi connectivity index (χ4v) is 4.22. The van der Waals surface area contributed by atoms with Gasteiger partial charge in [-0.2, -0.15) is 0 Å². The molecule has 7 heteroatoms. The molecular weight excluding hydrogens is 350 g/mol. The van der Waals surface area contributed by atoms with Gasteiger partial charge in [-0.25, -0.2) is 8.42 Å². The topological polar surface area (TPSA) is 69.7 Å². The first kappa shape index (κ1) is 18.3. The quantitative estimate of drug-likeness (QED) is 0.895. The van der Waals surface area contributed by atoms with Gasteiger partial charge in [0.15, 0.2) is 0 Å². The molecule has 1 aliphatic heterocycles. The number of sulfonamides is 1. The van der Waals surface area contributed by atoms with Crippen LogP contribution in [0.25, 0.3) is 0 Å². The van der Waals surface area contributed by atoms with Gasteiger partial charge in [0, 0.05) is 44.6 Å². The number of rotatable bonds is 4. The third-order valence-corrected chi connectivity index (χ3v) is 5.87. The van der Waals surface area contributed by atoms with Gasteiger partial charge < -0.3 is 9.80 Å². The van der Waals surface area contributed by atoms with Crippen LogP contribution in [-0.4, -0.2) is 35.0 Å². The molecule has 0 bridgehead atoms. The molecule has 3 rings (SSSR count). The third-order valence-electron chi connectivity index (χ3n) is 4.50. The molecule has 0 aromatic heterocycles. The van der Waals surface area contributed by atoms with Crippen molar-refractivity contribution in [2.45, 2.75) is 24.7 Å². The molecule has 0 saturated carbocycles. The summed E-state index contributed by atoms with van der Waals surface area (Å²) >= 11 is 0. The lowest BCUT2D eigenvalue weighted by atomic mass is 10.0. The largest absolute Gasteiger partial charge is 0.378 e. The number of hydrogen-bond acceptors (Lipinski definition) is 4. The molecular formula is C19H23N3O3S. The summed E-state index contributed by atoms with van der Waals surface area (Å²) in [6.45, 7) is 2.20. The molecule has 1 aliphatic rings. The lowest BCUT2D eigenvalue weighted by Gasteiger charge is -2.28. The van der Waals surface area contributed by atoms with Gasteiger partial charge in [0.1, 0.15) is 0 Å². The van der Waals surface area contributed by atoms with Crippen molar-refractivity contribution >= 4 is 33.0 Å².